The van der Waals surface area contributed by atoms with E-state index in [1.54, 1.807) is 18.2 Å². The lowest BCUT2D eigenvalue weighted by Crippen LogP contribution is -2.10. The smallest absolute Gasteiger partial charge is 0.418 e. The molecule has 96 valence electrons. The average molecular weight is 320 g/mol. The minimum atomic E-state index is -4.39. The summed E-state index contributed by atoms with van der Waals surface area (Å²) >= 11 is 3.03. The molecular weight excluding hydrogens is 311 g/mol. The van der Waals surface area contributed by atoms with Gasteiger partial charge in [-0.3, -0.25) is 0 Å². The summed E-state index contributed by atoms with van der Waals surface area (Å²) in [5, 5.41) is 2.71. The molecule has 0 spiro atoms. The fourth-order valence-corrected chi connectivity index (χ4v) is 1.86. The molecular formula is C12H9BrF3NO. The van der Waals surface area contributed by atoms with Crippen LogP contribution in [0.4, 0.5) is 18.9 Å². The Morgan fingerprint density at radius 2 is 2.00 bits per heavy atom. The number of rotatable bonds is 3. The third-order valence-electron chi connectivity index (χ3n) is 2.32. The number of hydrogen-bond acceptors (Lipinski definition) is 2. The van der Waals surface area contributed by atoms with E-state index in [2.05, 4.69) is 21.2 Å². The van der Waals surface area contributed by atoms with E-state index in [1.165, 1.54) is 12.3 Å². The maximum absolute atomic E-state index is 12.8. The predicted molar refractivity (Wildman–Crippen MR) is 65.2 cm³/mol. The molecule has 0 radical (unpaired) electrons. The Morgan fingerprint density at radius 3 is 2.61 bits per heavy atom. The topological polar surface area (TPSA) is 25.2 Å². The molecule has 0 aliphatic carbocycles. The summed E-state index contributed by atoms with van der Waals surface area (Å²) in [6, 6.07) is 7.36. The first kappa shape index (κ1) is 13.0. The molecule has 0 bridgehead atoms. The molecule has 0 atom stereocenters. The van der Waals surface area contributed by atoms with Crippen molar-refractivity contribution in [1.29, 1.82) is 0 Å². The molecule has 2 nitrogen and oxygen atoms in total. The van der Waals surface area contributed by atoms with Crippen LogP contribution < -0.4 is 5.32 Å². The van der Waals surface area contributed by atoms with Gasteiger partial charge >= 0.3 is 6.18 Å². The highest BCUT2D eigenvalue weighted by molar-refractivity contribution is 9.10. The molecule has 1 aromatic carbocycles. The number of hydrogen-bond donors (Lipinski definition) is 1. The van der Waals surface area contributed by atoms with E-state index in [4.69, 9.17) is 4.42 Å². The van der Waals surface area contributed by atoms with E-state index in [0.717, 1.165) is 6.07 Å². The van der Waals surface area contributed by atoms with E-state index < -0.39 is 11.7 Å². The number of furan rings is 1. The fraction of sp³-hybridized carbons (Fsp3) is 0.167. The van der Waals surface area contributed by atoms with Crippen LogP contribution in [0, 0.1) is 0 Å². The molecule has 0 amide bonds. The van der Waals surface area contributed by atoms with Crippen molar-refractivity contribution in [2.75, 3.05) is 5.32 Å². The second-order valence-corrected chi connectivity index (χ2v) is 4.54. The Balaban J connectivity index is 2.22. The molecule has 2 aromatic rings. The molecule has 1 heterocycles. The van der Waals surface area contributed by atoms with Gasteiger partial charge in [0.2, 0.25) is 0 Å². The highest BCUT2D eigenvalue weighted by Crippen LogP contribution is 2.36. The van der Waals surface area contributed by atoms with Gasteiger partial charge in [0, 0.05) is 10.2 Å². The van der Waals surface area contributed by atoms with Crippen molar-refractivity contribution in [2.45, 2.75) is 12.7 Å². The quantitative estimate of drug-likeness (QED) is 0.889. The largest absolute Gasteiger partial charge is 0.467 e. The zero-order valence-corrected chi connectivity index (χ0v) is 10.7. The molecule has 1 aromatic heterocycles. The first-order valence-electron chi connectivity index (χ1n) is 5.10. The van der Waals surface area contributed by atoms with E-state index >= 15 is 0 Å². The van der Waals surface area contributed by atoms with E-state index in [0.29, 0.717) is 10.2 Å². The summed E-state index contributed by atoms with van der Waals surface area (Å²) in [6.07, 6.45) is -2.92. The number of anilines is 1. The Bertz CT molecular complexity index is 523. The van der Waals surface area contributed by atoms with Crippen molar-refractivity contribution in [3.05, 3.63) is 52.4 Å². The van der Waals surface area contributed by atoms with Crippen LogP contribution in [0.1, 0.15) is 11.3 Å². The first-order chi connectivity index (χ1) is 8.47. The van der Waals surface area contributed by atoms with Gasteiger partial charge in [0.25, 0.3) is 0 Å². The summed E-state index contributed by atoms with van der Waals surface area (Å²) < 4.78 is 43.9. The van der Waals surface area contributed by atoms with Crippen molar-refractivity contribution in [3.63, 3.8) is 0 Å². The first-order valence-corrected chi connectivity index (χ1v) is 5.89. The SMILES string of the molecule is FC(F)(F)c1cc(Br)ccc1NCc1ccco1. The molecule has 0 aliphatic heterocycles. The minimum Gasteiger partial charge on any atom is -0.467 e. The Labute approximate surface area is 110 Å². The molecule has 2 rings (SSSR count). The van der Waals surface area contributed by atoms with Crippen LogP contribution in [-0.2, 0) is 12.7 Å². The third kappa shape index (κ3) is 3.07. The van der Waals surface area contributed by atoms with Gasteiger partial charge in [-0.15, -0.1) is 0 Å². The van der Waals surface area contributed by atoms with Crippen LogP contribution in [0.3, 0.4) is 0 Å². The molecule has 0 unspecified atom stereocenters. The summed E-state index contributed by atoms with van der Waals surface area (Å²) in [7, 11) is 0. The predicted octanol–water partition coefficient (Wildman–Crippen LogP) is 4.67. The number of nitrogens with one attached hydrogen (secondary N) is 1. The lowest BCUT2D eigenvalue weighted by atomic mass is 10.1. The van der Waals surface area contributed by atoms with Gasteiger partial charge in [0.1, 0.15) is 5.76 Å². The van der Waals surface area contributed by atoms with Crippen molar-refractivity contribution < 1.29 is 17.6 Å². The molecule has 18 heavy (non-hydrogen) atoms. The van der Waals surface area contributed by atoms with Crippen LogP contribution in [0.5, 0.6) is 0 Å². The Morgan fingerprint density at radius 1 is 1.22 bits per heavy atom. The number of benzene rings is 1. The molecule has 6 heteroatoms. The van der Waals surface area contributed by atoms with Gasteiger partial charge in [-0.1, -0.05) is 15.9 Å². The summed E-state index contributed by atoms with van der Waals surface area (Å²) in [6.45, 7) is 0.206. The molecule has 0 saturated heterocycles. The van der Waals surface area contributed by atoms with Gasteiger partial charge < -0.3 is 9.73 Å². The summed E-state index contributed by atoms with van der Waals surface area (Å²) in [4.78, 5) is 0. The number of alkyl halides is 3. The summed E-state index contributed by atoms with van der Waals surface area (Å²) in [5.74, 6) is 0.575. The van der Waals surface area contributed by atoms with Crippen LogP contribution in [0.15, 0.2) is 45.5 Å². The standard InChI is InChI=1S/C12H9BrF3NO/c13-8-3-4-11(10(6-8)12(14,15)16)17-7-9-2-1-5-18-9/h1-6,17H,7H2. The Kier molecular flexibility index (Phi) is 3.65. The van der Waals surface area contributed by atoms with Crippen LogP contribution >= 0.6 is 15.9 Å². The van der Waals surface area contributed by atoms with Gasteiger partial charge in [-0.25, -0.2) is 0 Å². The zero-order chi connectivity index (χ0) is 13.2. The second-order valence-electron chi connectivity index (χ2n) is 3.62. The Hall–Kier alpha value is -1.43. The van der Waals surface area contributed by atoms with Crippen LogP contribution in [-0.4, -0.2) is 0 Å². The molecule has 0 aliphatic rings. The molecule has 0 fully saturated rings. The molecule has 0 saturated carbocycles. The highest BCUT2D eigenvalue weighted by atomic mass is 79.9. The highest BCUT2D eigenvalue weighted by Gasteiger charge is 2.33. The summed E-state index contributed by atoms with van der Waals surface area (Å²) in [5.41, 5.74) is -0.675. The van der Waals surface area contributed by atoms with E-state index in [1.807, 2.05) is 0 Å². The second kappa shape index (κ2) is 5.06. The van der Waals surface area contributed by atoms with Crippen LogP contribution in [0.2, 0.25) is 0 Å². The van der Waals surface area contributed by atoms with Crippen molar-refractivity contribution in [1.82, 2.24) is 0 Å². The molecule has 1 N–H and O–H groups in total. The van der Waals surface area contributed by atoms with Crippen molar-refractivity contribution in [2.24, 2.45) is 0 Å². The van der Waals surface area contributed by atoms with E-state index in [9.17, 15) is 13.2 Å². The average Bonchev–Trinajstić information content (AvgIpc) is 2.79. The van der Waals surface area contributed by atoms with E-state index in [-0.39, 0.29) is 12.2 Å². The third-order valence-corrected chi connectivity index (χ3v) is 2.81. The lowest BCUT2D eigenvalue weighted by molar-refractivity contribution is -0.137. The zero-order valence-electron chi connectivity index (χ0n) is 9.09. The lowest BCUT2D eigenvalue weighted by Gasteiger charge is -2.14. The number of halogens is 4. The monoisotopic (exact) mass is 319 g/mol. The van der Waals surface area contributed by atoms with Crippen molar-refractivity contribution in [3.8, 4) is 0 Å². The maximum atomic E-state index is 12.8. The van der Waals surface area contributed by atoms with Crippen molar-refractivity contribution >= 4 is 21.6 Å². The van der Waals surface area contributed by atoms with Crippen LogP contribution in [0.25, 0.3) is 0 Å². The fourth-order valence-electron chi connectivity index (χ4n) is 1.50. The van der Waals surface area contributed by atoms with Gasteiger partial charge in [0.05, 0.1) is 18.4 Å². The minimum absolute atomic E-state index is 0.0297. The normalized spacial score (nSPS) is 11.6. The van der Waals surface area contributed by atoms with Gasteiger partial charge in [-0.2, -0.15) is 13.2 Å². The van der Waals surface area contributed by atoms with Gasteiger partial charge in [-0.05, 0) is 30.3 Å². The maximum Gasteiger partial charge on any atom is 0.418 e. The van der Waals surface area contributed by atoms with Gasteiger partial charge in [0.15, 0.2) is 0 Å².